The third kappa shape index (κ3) is 3.27. The number of aryl methyl sites for hydroxylation is 2. The van der Waals surface area contributed by atoms with Gasteiger partial charge in [0.1, 0.15) is 0 Å². The molecule has 0 amide bonds. The van der Waals surface area contributed by atoms with Crippen molar-refractivity contribution in [3.8, 4) is 6.07 Å². The summed E-state index contributed by atoms with van der Waals surface area (Å²) < 4.78 is 3.15. The molecular formula is C16H19BrN4. The molecule has 0 saturated heterocycles. The molecule has 0 atom stereocenters. The van der Waals surface area contributed by atoms with Crippen LogP contribution in [-0.2, 0) is 19.5 Å². The van der Waals surface area contributed by atoms with Gasteiger partial charge in [0.15, 0.2) is 0 Å². The molecule has 0 saturated carbocycles. The van der Waals surface area contributed by atoms with Crippen LogP contribution in [0.25, 0.3) is 0 Å². The first kappa shape index (κ1) is 15.6. The highest BCUT2D eigenvalue weighted by molar-refractivity contribution is 9.10. The van der Waals surface area contributed by atoms with Crippen molar-refractivity contribution in [3.05, 3.63) is 45.7 Å². The zero-order valence-electron chi connectivity index (χ0n) is 12.6. The summed E-state index contributed by atoms with van der Waals surface area (Å²) in [4.78, 5) is 2.16. The Hall–Kier alpha value is -1.80. The van der Waals surface area contributed by atoms with Crippen molar-refractivity contribution in [1.29, 1.82) is 5.26 Å². The summed E-state index contributed by atoms with van der Waals surface area (Å²) in [6.45, 7) is 5.84. The molecule has 0 aliphatic heterocycles. The quantitative estimate of drug-likeness (QED) is 0.828. The molecule has 2 rings (SSSR count). The van der Waals surface area contributed by atoms with Crippen molar-refractivity contribution in [2.45, 2.75) is 33.4 Å². The Morgan fingerprint density at radius 3 is 2.48 bits per heavy atom. The minimum atomic E-state index is 0.681. The number of nitriles is 1. The molecule has 0 radical (unpaired) electrons. The summed E-state index contributed by atoms with van der Waals surface area (Å²) in [7, 11) is 2.05. The van der Waals surface area contributed by atoms with Crippen molar-refractivity contribution in [1.82, 2.24) is 9.78 Å². The number of benzene rings is 1. The van der Waals surface area contributed by atoms with Gasteiger partial charge in [-0.05, 0) is 53.5 Å². The fourth-order valence-corrected chi connectivity index (χ4v) is 2.96. The van der Waals surface area contributed by atoms with Crippen LogP contribution < -0.4 is 4.90 Å². The molecule has 21 heavy (non-hydrogen) atoms. The van der Waals surface area contributed by atoms with Crippen molar-refractivity contribution < 1.29 is 0 Å². The Balaban J connectivity index is 2.24. The van der Waals surface area contributed by atoms with Gasteiger partial charge >= 0.3 is 0 Å². The van der Waals surface area contributed by atoms with Crippen LogP contribution in [0.2, 0.25) is 0 Å². The van der Waals surface area contributed by atoms with E-state index in [0.717, 1.165) is 35.4 Å². The van der Waals surface area contributed by atoms with E-state index in [4.69, 9.17) is 5.26 Å². The zero-order valence-corrected chi connectivity index (χ0v) is 14.2. The monoisotopic (exact) mass is 346 g/mol. The van der Waals surface area contributed by atoms with Crippen LogP contribution in [0.15, 0.2) is 28.7 Å². The highest BCUT2D eigenvalue weighted by Gasteiger charge is 2.15. The Bertz CT molecular complexity index is 652. The lowest BCUT2D eigenvalue weighted by Crippen LogP contribution is -2.19. The number of hydrogen-bond acceptors (Lipinski definition) is 3. The third-order valence-electron chi connectivity index (χ3n) is 3.52. The molecular weight excluding hydrogens is 328 g/mol. The van der Waals surface area contributed by atoms with Crippen LogP contribution in [0.1, 0.15) is 30.8 Å². The topological polar surface area (TPSA) is 44.9 Å². The average Bonchev–Trinajstić information content (AvgIpc) is 2.83. The van der Waals surface area contributed by atoms with Crippen LogP contribution in [0.3, 0.4) is 0 Å². The predicted molar refractivity (Wildman–Crippen MR) is 88.2 cm³/mol. The van der Waals surface area contributed by atoms with Crippen molar-refractivity contribution >= 4 is 21.6 Å². The van der Waals surface area contributed by atoms with Crippen LogP contribution in [-0.4, -0.2) is 16.8 Å². The van der Waals surface area contributed by atoms with E-state index in [2.05, 4.69) is 45.8 Å². The van der Waals surface area contributed by atoms with E-state index in [1.54, 1.807) is 0 Å². The number of hydrogen-bond donors (Lipinski definition) is 0. The van der Waals surface area contributed by atoms with E-state index in [9.17, 15) is 0 Å². The van der Waals surface area contributed by atoms with Gasteiger partial charge in [-0.25, -0.2) is 0 Å². The maximum atomic E-state index is 8.86. The number of anilines is 1. The summed E-state index contributed by atoms with van der Waals surface area (Å²) in [5, 5.41) is 13.5. The molecule has 0 spiro atoms. The molecule has 4 nitrogen and oxygen atoms in total. The number of rotatable bonds is 5. The number of aromatic nitrogens is 2. The normalized spacial score (nSPS) is 10.4. The Morgan fingerprint density at radius 2 is 1.95 bits per heavy atom. The predicted octanol–water partition coefficient (Wildman–Crippen LogP) is 3.74. The molecule has 1 aromatic carbocycles. The maximum Gasteiger partial charge on any atom is 0.0991 e. The van der Waals surface area contributed by atoms with Gasteiger partial charge in [0.05, 0.1) is 34.0 Å². The van der Waals surface area contributed by atoms with Gasteiger partial charge in [0.25, 0.3) is 0 Å². The minimum Gasteiger partial charge on any atom is -0.369 e. The summed E-state index contributed by atoms with van der Waals surface area (Å²) >= 11 is 3.67. The molecule has 0 aliphatic rings. The van der Waals surface area contributed by atoms with E-state index in [1.807, 2.05) is 36.0 Å². The first-order valence-electron chi connectivity index (χ1n) is 7.06. The molecule has 1 heterocycles. The maximum absolute atomic E-state index is 8.86. The Kier molecular flexibility index (Phi) is 5.03. The second kappa shape index (κ2) is 6.77. The Morgan fingerprint density at radius 1 is 1.29 bits per heavy atom. The summed E-state index contributed by atoms with van der Waals surface area (Å²) in [6.07, 6.45) is 0.918. The van der Waals surface area contributed by atoms with Crippen LogP contribution in [0.4, 0.5) is 5.69 Å². The second-order valence-corrected chi connectivity index (χ2v) is 5.68. The van der Waals surface area contributed by atoms with Crippen LogP contribution in [0, 0.1) is 11.3 Å². The molecule has 0 aliphatic carbocycles. The van der Waals surface area contributed by atoms with Crippen molar-refractivity contribution in [2.75, 3.05) is 11.9 Å². The standard InChI is InChI=1S/C16H19BrN4/c1-4-14-16(17)15(21(5-2)19-14)11-20(3)13-8-6-12(10-18)7-9-13/h6-9H,4-5,11H2,1-3H3. The van der Waals surface area contributed by atoms with Gasteiger partial charge in [-0.15, -0.1) is 0 Å². The van der Waals surface area contributed by atoms with Gasteiger partial charge in [-0.3, -0.25) is 4.68 Å². The summed E-state index contributed by atoms with van der Waals surface area (Å²) in [5.74, 6) is 0. The van der Waals surface area contributed by atoms with E-state index in [0.29, 0.717) is 5.56 Å². The van der Waals surface area contributed by atoms with Gasteiger partial charge in [-0.1, -0.05) is 6.92 Å². The molecule has 2 aromatic rings. The molecule has 110 valence electrons. The molecule has 1 aromatic heterocycles. The van der Waals surface area contributed by atoms with Crippen LogP contribution in [0.5, 0.6) is 0 Å². The molecule has 0 unspecified atom stereocenters. The van der Waals surface area contributed by atoms with Gasteiger partial charge in [0.2, 0.25) is 0 Å². The lowest BCUT2D eigenvalue weighted by atomic mass is 10.2. The lowest BCUT2D eigenvalue weighted by Gasteiger charge is -2.20. The largest absolute Gasteiger partial charge is 0.369 e. The van der Waals surface area contributed by atoms with E-state index in [-0.39, 0.29) is 0 Å². The van der Waals surface area contributed by atoms with Gasteiger partial charge < -0.3 is 4.90 Å². The first-order chi connectivity index (χ1) is 10.1. The lowest BCUT2D eigenvalue weighted by molar-refractivity contribution is 0.609. The van der Waals surface area contributed by atoms with E-state index >= 15 is 0 Å². The highest BCUT2D eigenvalue weighted by atomic mass is 79.9. The second-order valence-electron chi connectivity index (χ2n) is 4.89. The fourth-order valence-electron chi connectivity index (χ4n) is 2.27. The van der Waals surface area contributed by atoms with E-state index < -0.39 is 0 Å². The average molecular weight is 347 g/mol. The molecule has 0 N–H and O–H groups in total. The summed E-state index contributed by atoms with van der Waals surface area (Å²) in [6, 6.07) is 9.77. The SMILES string of the molecule is CCc1nn(CC)c(CN(C)c2ccc(C#N)cc2)c1Br. The van der Waals surface area contributed by atoms with E-state index in [1.165, 1.54) is 5.69 Å². The van der Waals surface area contributed by atoms with Crippen molar-refractivity contribution in [2.24, 2.45) is 0 Å². The van der Waals surface area contributed by atoms with Crippen LogP contribution >= 0.6 is 15.9 Å². The Labute approximate surface area is 134 Å². The van der Waals surface area contributed by atoms with Crippen molar-refractivity contribution in [3.63, 3.8) is 0 Å². The first-order valence-corrected chi connectivity index (χ1v) is 7.85. The van der Waals surface area contributed by atoms with Gasteiger partial charge in [-0.2, -0.15) is 10.4 Å². The molecule has 0 bridgehead atoms. The summed E-state index contributed by atoms with van der Waals surface area (Å²) in [5.41, 5.74) is 4.05. The minimum absolute atomic E-state index is 0.681. The third-order valence-corrected chi connectivity index (χ3v) is 4.43. The van der Waals surface area contributed by atoms with Gasteiger partial charge in [0, 0.05) is 19.3 Å². The number of halogens is 1. The molecule has 0 fully saturated rings. The zero-order chi connectivity index (χ0) is 15.4. The number of nitrogens with zero attached hydrogens (tertiary/aromatic N) is 4. The molecule has 5 heteroatoms. The smallest absolute Gasteiger partial charge is 0.0991 e. The fraction of sp³-hybridized carbons (Fsp3) is 0.375. The highest BCUT2D eigenvalue weighted by Crippen LogP contribution is 2.25.